The van der Waals surface area contributed by atoms with Gasteiger partial charge in [0.25, 0.3) is 0 Å². The molecule has 3 rings (SSSR count). The number of fused-ring (bicyclic) bond motifs is 1. The van der Waals surface area contributed by atoms with Gasteiger partial charge in [0.15, 0.2) is 0 Å². The Hall–Kier alpha value is -1.96. The largest absolute Gasteiger partial charge is 0.489 e. The van der Waals surface area contributed by atoms with Crippen LogP contribution in [0.4, 0.5) is 13.2 Å². The Morgan fingerprint density at radius 2 is 1.71 bits per heavy atom. The Bertz CT molecular complexity index is 1040. The number of pyridine rings is 1. The van der Waals surface area contributed by atoms with Gasteiger partial charge in [0.05, 0.1) is 10.0 Å². The third kappa shape index (κ3) is 5.31. The van der Waals surface area contributed by atoms with Crippen LogP contribution in [0.2, 0.25) is 0 Å². The minimum absolute atomic E-state index is 0.0293. The van der Waals surface area contributed by atoms with E-state index in [2.05, 4.69) is 20.9 Å². The van der Waals surface area contributed by atoms with Crippen molar-refractivity contribution in [2.24, 2.45) is 0 Å². The molecule has 0 radical (unpaired) electrons. The molecule has 0 aliphatic carbocycles. The highest BCUT2D eigenvalue weighted by molar-refractivity contribution is 9.10. The van der Waals surface area contributed by atoms with Crippen LogP contribution in [0.15, 0.2) is 63.7 Å². The molecule has 0 spiro atoms. The lowest BCUT2D eigenvalue weighted by atomic mass is 10.1. The van der Waals surface area contributed by atoms with E-state index >= 15 is 0 Å². The molecule has 0 fully saturated rings. The summed E-state index contributed by atoms with van der Waals surface area (Å²) in [6, 6.07) is 11.6. The Morgan fingerprint density at radius 1 is 1.04 bits per heavy atom. The first-order valence-corrected chi connectivity index (χ1v) is 9.35. The molecule has 1 heterocycles. The fourth-order valence-electron chi connectivity index (χ4n) is 2.32. The lowest BCUT2D eigenvalue weighted by Crippen LogP contribution is -2.05. The second-order valence-corrected chi connectivity index (χ2v) is 7.45. The van der Waals surface area contributed by atoms with Crippen molar-refractivity contribution in [3.8, 4) is 17.4 Å². The van der Waals surface area contributed by atoms with Crippen LogP contribution in [0.1, 0.15) is 5.56 Å². The fourth-order valence-corrected chi connectivity index (χ4v) is 2.88. The van der Waals surface area contributed by atoms with E-state index < -0.39 is 11.7 Å². The molecule has 0 atom stereocenters. The number of benzene rings is 2. The molecular weight excluding hydrogens is 482 g/mol. The minimum Gasteiger partial charge on any atom is -0.489 e. The van der Waals surface area contributed by atoms with Gasteiger partial charge in [0.2, 0.25) is 5.88 Å². The third-order valence-electron chi connectivity index (χ3n) is 3.62. The zero-order valence-electron chi connectivity index (χ0n) is 13.9. The van der Waals surface area contributed by atoms with E-state index in [9.17, 15) is 13.2 Å². The highest BCUT2D eigenvalue weighted by atomic mass is 79.9. The zero-order valence-corrected chi connectivity index (χ0v) is 17.0. The number of hydrogen-bond donors (Lipinski definition) is 0. The van der Waals surface area contributed by atoms with E-state index in [0.29, 0.717) is 11.5 Å². The monoisotopic (exact) mass is 491 g/mol. The second kappa shape index (κ2) is 8.59. The summed E-state index contributed by atoms with van der Waals surface area (Å²) >= 11 is 14.1. The Morgan fingerprint density at radius 3 is 2.36 bits per heavy atom. The number of nitrogens with zero attached hydrogens (tertiary/aromatic N) is 1. The van der Waals surface area contributed by atoms with E-state index in [1.165, 1.54) is 6.08 Å². The van der Waals surface area contributed by atoms with Gasteiger partial charge in [0, 0.05) is 6.20 Å². The van der Waals surface area contributed by atoms with Gasteiger partial charge in [-0.1, -0.05) is 35.3 Å². The first-order valence-electron chi connectivity index (χ1n) is 7.81. The molecule has 0 bridgehead atoms. The minimum atomic E-state index is -4.48. The summed E-state index contributed by atoms with van der Waals surface area (Å²) in [5, 5.41) is 1.75. The normalized spacial score (nSPS) is 11.4. The van der Waals surface area contributed by atoms with Crippen LogP contribution in [0.25, 0.3) is 10.8 Å². The predicted octanol–water partition coefficient (Wildman–Crippen LogP) is 7.51. The molecule has 0 aliphatic rings. The first kappa shape index (κ1) is 20.8. The Balaban J connectivity index is 1.82. The highest BCUT2D eigenvalue weighted by Crippen LogP contribution is 2.35. The van der Waals surface area contributed by atoms with Gasteiger partial charge in [0.1, 0.15) is 22.6 Å². The van der Waals surface area contributed by atoms with E-state index in [1.807, 2.05) is 12.1 Å². The van der Waals surface area contributed by atoms with Crippen molar-refractivity contribution in [3.05, 3.63) is 69.3 Å². The molecular formula is C19H11BrCl2F3NO2. The van der Waals surface area contributed by atoms with Gasteiger partial charge >= 0.3 is 6.18 Å². The van der Waals surface area contributed by atoms with Crippen LogP contribution in [-0.2, 0) is 6.18 Å². The molecule has 146 valence electrons. The maximum atomic E-state index is 12.7. The molecule has 0 saturated heterocycles. The number of rotatable bonds is 5. The molecule has 0 unspecified atom stereocenters. The second-order valence-electron chi connectivity index (χ2n) is 5.59. The van der Waals surface area contributed by atoms with E-state index in [-0.39, 0.29) is 21.5 Å². The topological polar surface area (TPSA) is 31.4 Å². The van der Waals surface area contributed by atoms with Gasteiger partial charge in [-0.3, -0.25) is 0 Å². The molecule has 28 heavy (non-hydrogen) atoms. The predicted molar refractivity (Wildman–Crippen MR) is 106 cm³/mol. The lowest BCUT2D eigenvalue weighted by Gasteiger charge is -2.11. The molecule has 3 nitrogen and oxygen atoms in total. The first-order chi connectivity index (χ1) is 13.2. The highest BCUT2D eigenvalue weighted by Gasteiger charge is 2.31. The van der Waals surface area contributed by atoms with Crippen molar-refractivity contribution in [1.29, 1.82) is 0 Å². The molecule has 2 aromatic carbocycles. The summed E-state index contributed by atoms with van der Waals surface area (Å²) in [6.45, 7) is 0.215. The summed E-state index contributed by atoms with van der Waals surface area (Å²) in [5.41, 5.74) is -0.863. The van der Waals surface area contributed by atoms with Gasteiger partial charge < -0.3 is 9.47 Å². The number of halogens is 6. The van der Waals surface area contributed by atoms with Crippen LogP contribution in [-0.4, -0.2) is 11.6 Å². The van der Waals surface area contributed by atoms with E-state index in [4.69, 9.17) is 32.7 Å². The van der Waals surface area contributed by atoms with Crippen LogP contribution >= 0.6 is 39.1 Å². The lowest BCUT2D eigenvalue weighted by molar-refractivity contribution is -0.137. The van der Waals surface area contributed by atoms with Crippen molar-refractivity contribution < 1.29 is 22.6 Å². The van der Waals surface area contributed by atoms with E-state index in [1.54, 1.807) is 24.3 Å². The van der Waals surface area contributed by atoms with Crippen molar-refractivity contribution >= 4 is 49.9 Å². The van der Waals surface area contributed by atoms with Gasteiger partial charge in [-0.2, -0.15) is 13.2 Å². The van der Waals surface area contributed by atoms with Crippen LogP contribution in [0, 0.1) is 0 Å². The average Bonchev–Trinajstić information content (AvgIpc) is 2.62. The number of ether oxygens (including phenoxy) is 2. The number of alkyl halides is 3. The summed E-state index contributed by atoms with van der Waals surface area (Å²) in [5.74, 6) is 1.05. The van der Waals surface area contributed by atoms with Crippen molar-refractivity contribution in [3.63, 3.8) is 0 Å². The average molecular weight is 493 g/mol. The smallest absolute Gasteiger partial charge is 0.417 e. The number of hydrogen-bond acceptors (Lipinski definition) is 3. The Labute approximate surface area is 176 Å². The molecule has 1 aromatic heterocycles. The SMILES string of the molecule is FC(F)(F)c1cnc(Oc2ccc3ccc(OCC=C(Cl)Cl)cc3c2)c(Br)c1. The van der Waals surface area contributed by atoms with Crippen LogP contribution in [0.5, 0.6) is 17.4 Å². The molecule has 3 aromatic rings. The van der Waals surface area contributed by atoms with Crippen molar-refractivity contribution in [2.75, 3.05) is 6.61 Å². The molecule has 0 aliphatic heterocycles. The van der Waals surface area contributed by atoms with Crippen LogP contribution in [0.3, 0.4) is 0 Å². The van der Waals surface area contributed by atoms with Gasteiger partial charge in [-0.05, 0) is 63.1 Å². The fraction of sp³-hybridized carbons (Fsp3) is 0.105. The summed E-state index contributed by atoms with van der Waals surface area (Å²) < 4.78 is 49.6. The summed E-state index contributed by atoms with van der Waals surface area (Å²) in [7, 11) is 0. The molecule has 0 saturated carbocycles. The van der Waals surface area contributed by atoms with Crippen LogP contribution < -0.4 is 9.47 Å². The molecule has 9 heteroatoms. The third-order valence-corrected chi connectivity index (χ3v) is 4.50. The van der Waals surface area contributed by atoms with E-state index in [0.717, 1.165) is 23.0 Å². The molecule has 0 amide bonds. The molecule has 0 N–H and O–H groups in total. The quantitative estimate of drug-likeness (QED) is 0.369. The van der Waals surface area contributed by atoms with Crippen molar-refractivity contribution in [2.45, 2.75) is 6.18 Å². The maximum absolute atomic E-state index is 12.7. The summed E-state index contributed by atoms with van der Waals surface area (Å²) in [4.78, 5) is 3.75. The Kier molecular flexibility index (Phi) is 6.37. The van der Waals surface area contributed by atoms with Gasteiger partial charge in [-0.15, -0.1) is 0 Å². The van der Waals surface area contributed by atoms with Crippen molar-refractivity contribution in [1.82, 2.24) is 4.98 Å². The standard InChI is InChI=1S/C19H11BrCl2F3NO2/c20-16-9-13(19(23,24)25)10-26-18(16)28-15-4-2-11-1-3-14(7-12(11)8-15)27-6-5-17(21)22/h1-5,7-10H,6H2. The summed E-state index contributed by atoms with van der Waals surface area (Å²) in [6.07, 6.45) is -2.24. The zero-order chi connectivity index (χ0) is 20.3. The maximum Gasteiger partial charge on any atom is 0.417 e. The van der Waals surface area contributed by atoms with Gasteiger partial charge in [-0.25, -0.2) is 4.98 Å². The number of aromatic nitrogens is 1.